The monoisotopic (exact) mass is 615 g/mol. The summed E-state index contributed by atoms with van der Waals surface area (Å²) in [4.78, 5) is 35.3. The van der Waals surface area contributed by atoms with Crippen molar-refractivity contribution in [2.75, 3.05) is 32.7 Å². The van der Waals surface area contributed by atoms with E-state index in [2.05, 4.69) is 58.9 Å². The fourth-order valence-electron chi connectivity index (χ4n) is 8.41. The summed E-state index contributed by atoms with van der Waals surface area (Å²) in [7, 11) is 0. The number of nitrogens with one attached hydrogen (secondary N) is 2. The second-order valence-corrected chi connectivity index (χ2v) is 14.1. The highest BCUT2D eigenvalue weighted by Crippen LogP contribution is 2.42. The molecule has 2 aromatic heterocycles. The smallest absolute Gasteiger partial charge is 0.320 e. The lowest BCUT2D eigenvalue weighted by molar-refractivity contribution is -0.144. The highest BCUT2D eigenvalue weighted by molar-refractivity contribution is 5.73. The van der Waals surface area contributed by atoms with Crippen molar-refractivity contribution in [2.24, 2.45) is 11.3 Å². The van der Waals surface area contributed by atoms with E-state index >= 15 is 0 Å². The van der Waals surface area contributed by atoms with Gasteiger partial charge in [0.15, 0.2) is 0 Å². The van der Waals surface area contributed by atoms with Gasteiger partial charge in [0.25, 0.3) is 0 Å². The second kappa shape index (κ2) is 15.1. The van der Waals surface area contributed by atoms with Crippen LogP contribution in [0.15, 0.2) is 49.1 Å². The van der Waals surface area contributed by atoms with Gasteiger partial charge in [-0.1, -0.05) is 50.5 Å². The maximum absolute atomic E-state index is 12.4. The molecule has 1 spiro atoms. The summed E-state index contributed by atoms with van der Waals surface area (Å²) in [6, 6.07) is 9.23. The predicted molar refractivity (Wildman–Crippen MR) is 177 cm³/mol. The Morgan fingerprint density at radius 1 is 0.956 bits per heavy atom. The first-order valence-electron chi connectivity index (χ1n) is 17.5. The van der Waals surface area contributed by atoms with Gasteiger partial charge in [-0.15, -0.1) is 0 Å². The van der Waals surface area contributed by atoms with Gasteiger partial charge in [0, 0.05) is 69.8 Å². The molecule has 1 aromatic carbocycles. The molecule has 0 radical (unpaired) electrons. The highest BCUT2D eigenvalue weighted by Gasteiger charge is 2.41. The Bertz CT molecular complexity index is 1260. The van der Waals surface area contributed by atoms with E-state index in [0.29, 0.717) is 24.9 Å². The van der Waals surface area contributed by atoms with Crippen LogP contribution in [0.4, 0.5) is 0 Å². The number of likely N-dealkylation sites (tertiary alicyclic amines) is 2. The lowest BCUT2D eigenvalue weighted by Gasteiger charge is -2.43. The van der Waals surface area contributed by atoms with Gasteiger partial charge in [-0.05, 0) is 80.6 Å². The minimum Gasteiger partial charge on any atom is -0.480 e. The van der Waals surface area contributed by atoms with Crippen LogP contribution < -0.4 is 0 Å². The minimum atomic E-state index is -0.767. The van der Waals surface area contributed by atoms with E-state index in [0.717, 1.165) is 42.6 Å². The summed E-state index contributed by atoms with van der Waals surface area (Å²) in [5, 5.41) is 10.2. The second-order valence-electron chi connectivity index (χ2n) is 14.1. The number of aromatic nitrogens is 4. The zero-order valence-electron chi connectivity index (χ0n) is 27.2. The number of hydrogen-bond acceptors (Lipinski definition) is 6. The largest absolute Gasteiger partial charge is 0.480 e. The first-order chi connectivity index (χ1) is 22.0. The number of nitrogens with zero attached hydrogens (tertiary/aromatic N) is 5. The predicted octanol–water partition coefficient (Wildman–Crippen LogP) is 5.52. The van der Waals surface area contributed by atoms with Gasteiger partial charge in [0.05, 0.1) is 0 Å². The molecule has 1 aliphatic carbocycles. The van der Waals surface area contributed by atoms with Crippen LogP contribution in [0, 0.1) is 11.3 Å². The van der Waals surface area contributed by atoms with Crippen molar-refractivity contribution in [2.45, 2.75) is 103 Å². The highest BCUT2D eigenvalue weighted by atomic mass is 16.4. The summed E-state index contributed by atoms with van der Waals surface area (Å²) in [5.41, 5.74) is 3.02. The Morgan fingerprint density at radius 2 is 1.58 bits per heavy atom. The molecule has 1 saturated carbocycles. The first kappa shape index (κ1) is 32.0. The number of aromatic amines is 2. The summed E-state index contributed by atoms with van der Waals surface area (Å²) in [5.74, 6) is 1.22. The molecule has 3 N–H and O–H groups in total. The van der Waals surface area contributed by atoms with Crippen molar-refractivity contribution in [3.8, 4) is 0 Å². The Kier molecular flexibility index (Phi) is 10.7. The van der Waals surface area contributed by atoms with Gasteiger partial charge in [0.1, 0.15) is 17.7 Å². The van der Waals surface area contributed by atoms with Crippen LogP contribution in [0.5, 0.6) is 0 Å². The fraction of sp³-hybridized carbons (Fsp3) is 0.639. The lowest BCUT2D eigenvalue weighted by atomic mass is 9.77. The summed E-state index contributed by atoms with van der Waals surface area (Å²) in [6.45, 7) is 9.22. The van der Waals surface area contributed by atoms with Crippen LogP contribution in [0.3, 0.4) is 0 Å². The molecule has 6 rings (SSSR count). The van der Waals surface area contributed by atoms with Crippen LogP contribution in [0.1, 0.15) is 87.5 Å². The molecule has 45 heavy (non-hydrogen) atoms. The van der Waals surface area contributed by atoms with Gasteiger partial charge < -0.3 is 20.0 Å². The first-order valence-corrected chi connectivity index (χ1v) is 17.5. The van der Waals surface area contributed by atoms with Gasteiger partial charge in [-0.25, -0.2) is 9.97 Å². The van der Waals surface area contributed by atoms with Crippen molar-refractivity contribution < 1.29 is 9.90 Å². The average molecular weight is 616 g/mol. The minimum absolute atomic E-state index is 0.159. The molecular formula is C36H53N7O2. The van der Waals surface area contributed by atoms with Crippen LogP contribution in [0.25, 0.3) is 0 Å². The molecule has 4 heterocycles. The van der Waals surface area contributed by atoms with Gasteiger partial charge in [-0.3, -0.25) is 14.6 Å². The molecule has 9 heteroatoms. The van der Waals surface area contributed by atoms with E-state index in [1.165, 1.54) is 83.1 Å². The van der Waals surface area contributed by atoms with E-state index in [1.807, 2.05) is 19.3 Å². The van der Waals surface area contributed by atoms with Crippen molar-refractivity contribution in [1.82, 2.24) is 34.6 Å². The standard InChI is InChI=1S/C36H53N7O2/c1-2-32(35(44)45)43(26-30(22-33-37-15-16-38-33)23-34-39-17-18-40-34)25-29-10-8-28(9-11-29)24-41-19-12-36(27-41)13-20-42(21-14-36)31-6-4-3-5-7-31/h8-11,15-18,30-32H,2-7,12-14,19-27H2,1H3,(H,37,38)(H,39,40)(H,44,45). The third kappa shape index (κ3) is 8.43. The summed E-state index contributed by atoms with van der Waals surface area (Å²) < 4.78 is 0. The number of imidazole rings is 2. The topological polar surface area (TPSA) is 104 Å². The number of carboxylic acid groups (broad SMARTS) is 1. The fourth-order valence-corrected chi connectivity index (χ4v) is 8.41. The normalized spacial score (nSPS) is 20.4. The van der Waals surface area contributed by atoms with E-state index in [-0.39, 0.29) is 5.92 Å². The van der Waals surface area contributed by atoms with E-state index in [9.17, 15) is 9.90 Å². The van der Waals surface area contributed by atoms with Crippen LogP contribution >= 0.6 is 0 Å². The number of H-pyrrole nitrogens is 2. The zero-order valence-corrected chi connectivity index (χ0v) is 27.2. The SMILES string of the molecule is CCC(C(=O)O)N(Cc1ccc(CN2CCC3(CCN(C4CCCCC4)CC3)C2)cc1)CC(Cc1ncc[nH]1)Cc1ncc[nH]1. The Balaban J connectivity index is 1.06. The molecule has 3 aromatic rings. The Labute approximate surface area is 268 Å². The number of carboxylic acids is 1. The van der Waals surface area contributed by atoms with Gasteiger partial charge in [0.2, 0.25) is 0 Å². The number of aliphatic carboxylic acids is 1. The average Bonchev–Trinajstić information content (AvgIpc) is 3.83. The van der Waals surface area contributed by atoms with Crippen LogP contribution in [-0.2, 0) is 30.7 Å². The molecular weight excluding hydrogens is 562 g/mol. The molecule has 2 saturated heterocycles. The zero-order chi connectivity index (χ0) is 31.1. The molecule has 0 bridgehead atoms. The van der Waals surface area contributed by atoms with E-state index in [1.54, 1.807) is 12.4 Å². The molecule has 2 aliphatic heterocycles. The van der Waals surface area contributed by atoms with Crippen LogP contribution in [0.2, 0.25) is 0 Å². The summed E-state index contributed by atoms with van der Waals surface area (Å²) >= 11 is 0. The molecule has 0 amide bonds. The van der Waals surface area contributed by atoms with Gasteiger partial charge in [-0.2, -0.15) is 0 Å². The maximum atomic E-state index is 12.4. The number of piperidine rings is 1. The summed E-state index contributed by atoms with van der Waals surface area (Å²) in [6.07, 6.45) is 20.4. The van der Waals surface area contributed by atoms with Crippen molar-refractivity contribution >= 4 is 5.97 Å². The molecule has 9 nitrogen and oxygen atoms in total. The number of benzene rings is 1. The molecule has 1 atom stereocenters. The molecule has 3 aliphatic rings. The van der Waals surface area contributed by atoms with Gasteiger partial charge >= 0.3 is 5.97 Å². The van der Waals surface area contributed by atoms with Crippen molar-refractivity contribution in [3.63, 3.8) is 0 Å². The quantitative estimate of drug-likeness (QED) is 0.219. The third-order valence-electron chi connectivity index (χ3n) is 11.0. The Morgan fingerprint density at radius 3 is 2.16 bits per heavy atom. The van der Waals surface area contributed by atoms with E-state index in [4.69, 9.17) is 0 Å². The third-order valence-corrected chi connectivity index (χ3v) is 11.0. The molecule has 1 unspecified atom stereocenters. The van der Waals surface area contributed by atoms with Crippen molar-refractivity contribution in [1.29, 1.82) is 0 Å². The van der Waals surface area contributed by atoms with Crippen molar-refractivity contribution in [3.05, 3.63) is 71.8 Å². The molecule has 3 fully saturated rings. The number of rotatable bonds is 14. The van der Waals surface area contributed by atoms with E-state index < -0.39 is 12.0 Å². The maximum Gasteiger partial charge on any atom is 0.320 e. The number of carbonyl (C=O) groups is 1. The Hall–Kier alpha value is -3.01. The van der Waals surface area contributed by atoms with Crippen LogP contribution in [-0.4, -0.2) is 90.5 Å². The molecule has 244 valence electrons. The number of hydrogen-bond donors (Lipinski definition) is 3. The lowest BCUT2D eigenvalue weighted by Crippen LogP contribution is -2.46.